The minimum atomic E-state index is -0.246. The molecule has 1 unspecified atom stereocenters. The van der Waals surface area contributed by atoms with Crippen molar-refractivity contribution in [1.82, 2.24) is 10.3 Å². The van der Waals surface area contributed by atoms with Gasteiger partial charge in [0.05, 0.1) is 6.04 Å². The Morgan fingerprint density at radius 3 is 3.07 bits per heavy atom. The molecule has 15 heavy (non-hydrogen) atoms. The van der Waals surface area contributed by atoms with Crippen molar-refractivity contribution in [3.8, 4) is 12.3 Å². The van der Waals surface area contributed by atoms with Crippen LogP contribution in [0.4, 0.5) is 0 Å². The maximum Gasteiger partial charge on any atom is 0.252 e. The van der Waals surface area contributed by atoms with Crippen LogP contribution in [0.3, 0.4) is 0 Å². The average Bonchev–Trinajstić information content (AvgIpc) is 2.25. The first-order chi connectivity index (χ1) is 7.17. The number of carbonyl (C=O) groups is 1. The van der Waals surface area contributed by atoms with Crippen LogP contribution in [0.2, 0.25) is 5.15 Å². The Labute approximate surface area is 93.9 Å². The summed E-state index contributed by atoms with van der Waals surface area (Å²) in [5, 5.41) is 2.99. The van der Waals surface area contributed by atoms with E-state index in [0.29, 0.717) is 12.0 Å². The molecule has 0 aliphatic carbocycles. The third-order valence-electron chi connectivity index (χ3n) is 1.90. The zero-order valence-electron chi connectivity index (χ0n) is 8.33. The summed E-state index contributed by atoms with van der Waals surface area (Å²) in [4.78, 5) is 15.4. The molecule has 0 saturated heterocycles. The van der Waals surface area contributed by atoms with Gasteiger partial charge in [0.1, 0.15) is 5.15 Å². The number of halogens is 1. The largest absolute Gasteiger partial charge is 0.338 e. The van der Waals surface area contributed by atoms with Gasteiger partial charge in [-0.2, -0.15) is 0 Å². The highest BCUT2D eigenvalue weighted by Crippen LogP contribution is 2.07. The summed E-state index contributed by atoms with van der Waals surface area (Å²) in [7, 11) is 0. The van der Waals surface area contributed by atoms with Crippen molar-refractivity contribution in [1.29, 1.82) is 0 Å². The molecular formula is C11H11ClN2O. The van der Waals surface area contributed by atoms with E-state index >= 15 is 0 Å². The number of terminal acetylenes is 1. The first-order valence-corrected chi connectivity index (χ1v) is 4.93. The number of nitrogens with zero attached hydrogens (tertiary/aromatic N) is 1. The lowest BCUT2D eigenvalue weighted by Crippen LogP contribution is -2.33. The zero-order chi connectivity index (χ0) is 11.3. The summed E-state index contributed by atoms with van der Waals surface area (Å²) in [6.07, 6.45) is 7.41. The van der Waals surface area contributed by atoms with Gasteiger partial charge in [0.15, 0.2) is 0 Å². The number of pyridine rings is 1. The van der Waals surface area contributed by atoms with Crippen molar-refractivity contribution in [2.75, 3.05) is 0 Å². The predicted octanol–water partition coefficient (Wildman–Crippen LogP) is 1.88. The molecule has 1 aromatic rings. The van der Waals surface area contributed by atoms with E-state index in [9.17, 15) is 4.79 Å². The maximum atomic E-state index is 11.6. The van der Waals surface area contributed by atoms with E-state index in [-0.39, 0.29) is 17.1 Å². The Kier molecular flexibility index (Phi) is 4.14. The van der Waals surface area contributed by atoms with E-state index in [1.807, 2.05) is 6.92 Å². The van der Waals surface area contributed by atoms with Gasteiger partial charge in [-0.05, 0) is 18.6 Å². The highest BCUT2D eigenvalue weighted by molar-refractivity contribution is 6.29. The van der Waals surface area contributed by atoms with Crippen LogP contribution >= 0.6 is 11.6 Å². The summed E-state index contributed by atoms with van der Waals surface area (Å²) in [6, 6.07) is 2.84. The van der Waals surface area contributed by atoms with Crippen LogP contribution in [-0.4, -0.2) is 16.9 Å². The Balaban J connectivity index is 2.74. The molecule has 4 heteroatoms. The van der Waals surface area contributed by atoms with Crippen LogP contribution in [0.25, 0.3) is 0 Å². The van der Waals surface area contributed by atoms with E-state index in [0.717, 1.165) is 0 Å². The minimum Gasteiger partial charge on any atom is -0.338 e. The van der Waals surface area contributed by atoms with E-state index in [1.54, 1.807) is 6.07 Å². The number of carbonyl (C=O) groups excluding carboxylic acids is 1. The molecule has 0 radical (unpaired) electrons. The molecule has 0 aromatic carbocycles. The molecule has 1 aromatic heterocycles. The van der Waals surface area contributed by atoms with Crippen molar-refractivity contribution in [3.05, 3.63) is 29.0 Å². The van der Waals surface area contributed by atoms with Gasteiger partial charge >= 0.3 is 0 Å². The molecule has 1 amide bonds. The Bertz CT molecular complexity index is 398. The predicted molar refractivity (Wildman–Crippen MR) is 59.6 cm³/mol. The van der Waals surface area contributed by atoms with Crippen molar-refractivity contribution in [2.45, 2.75) is 19.4 Å². The highest BCUT2D eigenvalue weighted by atomic mass is 35.5. The maximum absolute atomic E-state index is 11.6. The summed E-state index contributed by atoms with van der Waals surface area (Å²) in [5.74, 6) is 2.25. The van der Waals surface area contributed by atoms with Gasteiger partial charge in [-0.25, -0.2) is 4.98 Å². The molecule has 0 aliphatic rings. The SMILES string of the molecule is C#CC(CC)NC(=O)c1ccnc(Cl)c1. The van der Waals surface area contributed by atoms with Crippen molar-refractivity contribution < 1.29 is 4.79 Å². The second kappa shape index (κ2) is 5.38. The lowest BCUT2D eigenvalue weighted by Gasteiger charge is -2.10. The van der Waals surface area contributed by atoms with Gasteiger partial charge in [-0.1, -0.05) is 24.4 Å². The van der Waals surface area contributed by atoms with Gasteiger partial charge in [0.25, 0.3) is 5.91 Å². The summed E-state index contributed by atoms with van der Waals surface area (Å²) in [6.45, 7) is 1.91. The number of hydrogen-bond donors (Lipinski definition) is 1. The van der Waals surface area contributed by atoms with E-state index < -0.39 is 0 Å². The van der Waals surface area contributed by atoms with Crippen LogP contribution in [0.5, 0.6) is 0 Å². The Morgan fingerprint density at radius 1 is 1.80 bits per heavy atom. The van der Waals surface area contributed by atoms with Crippen molar-refractivity contribution in [2.24, 2.45) is 0 Å². The van der Waals surface area contributed by atoms with Gasteiger partial charge in [-0.3, -0.25) is 4.79 Å². The standard InChI is InChI=1S/C11H11ClN2O/c1-3-9(4-2)14-11(15)8-5-6-13-10(12)7-8/h1,5-7,9H,4H2,2H3,(H,14,15). The van der Waals surface area contributed by atoms with Crippen LogP contribution in [-0.2, 0) is 0 Å². The van der Waals surface area contributed by atoms with E-state index in [4.69, 9.17) is 18.0 Å². The molecule has 0 saturated carbocycles. The number of hydrogen-bond acceptors (Lipinski definition) is 2. The lowest BCUT2D eigenvalue weighted by atomic mass is 10.2. The molecule has 78 valence electrons. The van der Waals surface area contributed by atoms with Gasteiger partial charge in [0.2, 0.25) is 0 Å². The molecule has 1 N–H and O–H groups in total. The molecule has 1 rings (SSSR count). The molecule has 3 nitrogen and oxygen atoms in total. The van der Waals surface area contributed by atoms with Crippen LogP contribution in [0.1, 0.15) is 23.7 Å². The average molecular weight is 223 g/mol. The van der Waals surface area contributed by atoms with Crippen LogP contribution < -0.4 is 5.32 Å². The Hall–Kier alpha value is -1.53. The van der Waals surface area contributed by atoms with Crippen LogP contribution in [0.15, 0.2) is 18.3 Å². The number of nitrogens with one attached hydrogen (secondary N) is 1. The fourth-order valence-corrected chi connectivity index (χ4v) is 1.22. The monoisotopic (exact) mass is 222 g/mol. The molecule has 0 spiro atoms. The van der Waals surface area contributed by atoms with Crippen molar-refractivity contribution in [3.63, 3.8) is 0 Å². The van der Waals surface area contributed by atoms with Crippen molar-refractivity contribution >= 4 is 17.5 Å². The van der Waals surface area contributed by atoms with Gasteiger partial charge < -0.3 is 5.32 Å². The third kappa shape index (κ3) is 3.26. The minimum absolute atomic E-state index is 0.232. The van der Waals surface area contributed by atoms with E-state index in [2.05, 4.69) is 16.2 Å². The van der Waals surface area contributed by atoms with E-state index in [1.165, 1.54) is 12.3 Å². The van der Waals surface area contributed by atoms with Gasteiger partial charge in [0, 0.05) is 11.8 Å². The number of amides is 1. The van der Waals surface area contributed by atoms with Gasteiger partial charge in [-0.15, -0.1) is 6.42 Å². The lowest BCUT2D eigenvalue weighted by molar-refractivity contribution is 0.0945. The zero-order valence-corrected chi connectivity index (χ0v) is 9.08. The molecule has 0 fully saturated rings. The fraction of sp³-hybridized carbons (Fsp3) is 0.273. The molecule has 0 bridgehead atoms. The second-order valence-corrected chi connectivity index (χ2v) is 3.36. The Morgan fingerprint density at radius 2 is 2.53 bits per heavy atom. The smallest absolute Gasteiger partial charge is 0.252 e. The first-order valence-electron chi connectivity index (χ1n) is 4.56. The molecule has 0 aliphatic heterocycles. The molecular weight excluding hydrogens is 212 g/mol. The normalized spacial score (nSPS) is 11.5. The summed E-state index contributed by atoms with van der Waals surface area (Å²) in [5.41, 5.74) is 0.462. The fourth-order valence-electron chi connectivity index (χ4n) is 1.05. The molecule has 1 heterocycles. The first kappa shape index (κ1) is 11.5. The second-order valence-electron chi connectivity index (χ2n) is 2.97. The quantitative estimate of drug-likeness (QED) is 0.627. The number of aromatic nitrogens is 1. The van der Waals surface area contributed by atoms with Crippen LogP contribution in [0, 0.1) is 12.3 Å². The topological polar surface area (TPSA) is 42.0 Å². The highest BCUT2D eigenvalue weighted by Gasteiger charge is 2.09. The number of rotatable bonds is 3. The molecule has 1 atom stereocenters. The summed E-state index contributed by atoms with van der Waals surface area (Å²) >= 11 is 5.66. The summed E-state index contributed by atoms with van der Waals surface area (Å²) < 4.78 is 0. The third-order valence-corrected chi connectivity index (χ3v) is 2.11.